The van der Waals surface area contributed by atoms with Gasteiger partial charge in [0, 0.05) is 0 Å². The minimum Gasteiger partial charge on any atom is -0.214 e. The van der Waals surface area contributed by atoms with Crippen molar-refractivity contribution in [2.24, 2.45) is 0 Å². The van der Waals surface area contributed by atoms with Crippen molar-refractivity contribution in [3.8, 4) is 0 Å². The van der Waals surface area contributed by atoms with Gasteiger partial charge in [-0.15, -0.1) is 13.9 Å². The van der Waals surface area contributed by atoms with Crippen LogP contribution in [0.4, 0.5) is 0 Å². The molecule has 1 atom stereocenters. The molecule has 0 heterocycles. The predicted octanol–water partition coefficient (Wildman–Crippen LogP) is 4.45. The summed E-state index contributed by atoms with van der Waals surface area (Å²) in [6, 6.07) is 18.9. The van der Waals surface area contributed by atoms with Gasteiger partial charge in [-0.2, -0.15) is 30.3 Å². The molecule has 0 aromatic heterocycles. The largest absolute Gasteiger partial charge is 2.00 e. The molecular formula is C16H21FeP. The van der Waals surface area contributed by atoms with Gasteiger partial charge >= 0.3 is 17.1 Å². The van der Waals surface area contributed by atoms with E-state index in [0.717, 1.165) is 14.2 Å². The summed E-state index contributed by atoms with van der Waals surface area (Å²) >= 11 is 0. The molecule has 1 saturated carbocycles. The van der Waals surface area contributed by atoms with E-state index < -0.39 is 0 Å². The monoisotopic (exact) mass is 300 g/mol. The summed E-state index contributed by atoms with van der Waals surface area (Å²) < 4.78 is 0. The summed E-state index contributed by atoms with van der Waals surface area (Å²) in [6.45, 7) is 0. The van der Waals surface area contributed by atoms with Crippen molar-refractivity contribution in [2.45, 2.75) is 37.8 Å². The maximum Gasteiger partial charge on any atom is 2.00 e. The van der Waals surface area contributed by atoms with Crippen LogP contribution in [0.3, 0.4) is 0 Å². The topological polar surface area (TPSA) is 0 Å². The van der Waals surface area contributed by atoms with E-state index in [4.69, 9.17) is 0 Å². The van der Waals surface area contributed by atoms with Gasteiger partial charge in [0.1, 0.15) is 0 Å². The summed E-state index contributed by atoms with van der Waals surface area (Å²) in [7, 11) is 1.08. The maximum atomic E-state index is 2.27. The zero-order valence-corrected chi connectivity index (χ0v) is 12.8. The van der Waals surface area contributed by atoms with Crippen molar-refractivity contribution in [1.82, 2.24) is 0 Å². The standard InChI is InChI=1S/C11H16P.C5H5.Fe/c1-2-6-10(7-3-1)12-11-8-4-5-9-11;1-2-4-5-3-1;/h4-5,8-10,12H,1-3,6-7H2;1-5H;/q2*-1;+2. The fraction of sp³-hybridized carbons (Fsp3) is 0.375. The average molecular weight is 300 g/mol. The molecule has 1 fully saturated rings. The molecule has 98 valence electrons. The molecule has 1 aliphatic rings. The zero-order chi connectivity index (χ0) is 11.8. The van der Waals surface area contributed by atoms with Gasteiger partial charge in [-0.1, -0.05) is 19.3 Å². The Balaban J connectivity index is 0.000000230. The molecule has 0 amide bonds. The summed E-state index contributed by atoms with van der Waals surface area (Å²) in [4.78, 5) is 0. The SMILES string of the molecule is [Fe+2].c1c[cH-]c(PC2CCCCC2)c1.c1cc[cH-]c1. The van der Waals surface area contributed by atoms with E-state index in [1.165, 1.54) is 32.1 Å². The Hall–Kier alpha value is -0.351. The summed E-state index contributed by atoms with van der Waals surface area (Å²) in [5.74, 6) is 0. The van der Waals surface area contributed by atoms with Crippen molar-refractivity contribution >= 4 is 13.9 Å². The Morgan fingerprint density at radius 1 is 0.944 bits per heavy atom. The minimum absolute atomic E-state index is 0. The first-order valence-corrected chi connectivity index (χ1v) is 7.68. The molecule has 0 N–H and O–H groups in total. The van der Waals surface area contributed by atoms with Gasteiger partial charge < -0.3 is 0 Å². The molecule has 0 spiro atoms. The molecule has 2 aromatic carbocycles. The van der Waals surface area contributed by atoms with E-state index >= 15 is 0 Å². The fourth-order valence-corrected chi connectivity index (χ4v) is 3.83. The number of hydrogen-bond donors (Lipinski definition) is 0. The average Bonchev–Trinajstić information content (AvgIpc) is 3.06. The molecule has 2 heteroatoms. The molecule has 0 radical (unpaired) electrons. The van der Waals surface area contributed by atoms with Crippen LogP contribution in [0.5, 0.6) is 0 Å². The number of rotatable bonds is 2. The van der Waals surface area contributed by atoms with Gasteiger partial charge in [0.15, 0.2) is 0 Å². The molecule has 0 nitrogen and oxygen atoms in total. The van der Waals surface area contributed by atoms with Crippen LogP contribution in [-0.4, -0.2) is 5.66 Å². The summed E-state index contributed by atoms with van der Waals surface area (Å²) in [5.41, 5.74) is 1.01. The van der Waals surface area contributed by atoms with Gasteiger partial charge in [0.25, 0.3) is 0 Å². The van der Waals surface area contributed by atoms with Crippen molar-refractivity contribution in [3.63, 3.8) is 0 Å². The third kappa shape index (κ3) is 6.00. The summed E-state index contributed by atoms with van der Waals surface area (Å²) in [5, 5.41) is 1.57. The van der Waals surface area contributed by atoms with Gasteiger partial charge in [-0.25, -0.2) is 24.3 Å². The Bertz CT molecular complexity index is 341. The van der Waals surface area contributed by atoms with Crippen LogP contribution in [0.2, 0.25) is 0 Å². The van der Waals surface area contributed by atoms with Gasteiger partial charge in [-0.3, -0.25) is 0 Å². The maximum absolute atomic E-state index is 2.27. The third-order valence-electron chi connectivity index (χ3n) is 3.19. The van der Waals surface area contributed by atoms with Crippen LogP contribution in [0.15, 0.2) is 54.6 Å². The van der Waals surface area contributed by atoms with Crippen molar-refractivity contribution in [1.29, 1.82) is 0 Å². The van der Waals surface area contributed by atoms with Crippen LogP contribution in [0, 0.1) is 0 Å². The van der Waals surface area contributed by atoms with E-state index in [0.29, 0.717) is 0 Å². The van der Waals surface area contributed by atoms with Crippen LogP contribution in [0.1, 0.15) is 32.1 Å². The van der Waals surface area contributed by atoms with Crippen LogP contribution >= 0.6 is 8.58 Å². The second kappa shape index (κ2) is 9.56. The van der Waals surface area contributed by atoms with E-state index in [2.05, 4.69) is 24.3 Å². The summed E-state index contributed by atoms with van der Waals surface area (Å²) in [6.07, 6.45) is 7.37. The van der Waals surface area contributed by atoms with E-state index in [-0.39, 0.29) is 17.1 Å². The fourth-order valence-electron chi connectivity index (χ4n) is 2.27. The number of hydrogen-bond acceptors (Lipinski definition) is 0. The molecule has 3 rings (SSSR count). The molecule has 2 aromatic rings. The van der Waals surface area contributed by atoms with Crippen LogP contribution in [0.25, 0.3) is 0 Å². The van der Waals surface area contributed by atoms with Gasteiger partial charge in [0.05, 0.1) is 0 Å². The minimum atomic E-state index is 0. The predicted molar refractivity (Wildman–Crippen MR) is 78.9 cm³/mol. The second-order valence-electron chi connectivity index (χ2n) is 4.62. The Labute approximate surface area is 123 Å². The smallest absolute Gasteiger partial charge is 0.214 e. The van der Waals surface area contributed by atoms with Crippen molar-refractivity contribution in [2.75, 3.05) is 0 Å². The molecule has 1 aliphatic carbocycles. The third-order valence-corrected chi connectivity index (χ3v) is 4.85. The van der Waals surface area contributed by atoms with E-state index in [1.54, 1.807) is 5.30 Å². The molecule has 1 unspecified atom stereocenters. The van der Waals surface area contributed by atoms with Gasteiger partial charge in [-0.05, 0) is 18.5 Å². The quantitative estimate of drug-likeness (QED) is 0.437. The Kier molecular flexibility index (Phi) is 8.34. The van der Waals surface area contributed by atoms with Gasteiger partial charge in [0.2, 0.25) is 0 Å². The first kappa shape index (κ1) is 15.7. The van der Waals surface area contributed by atoms with Crippen molar-refractivity contribution < 1.29 is 17.1 Å². The first-order chi connectivity index (χ1) is 8.45. The van der Waals surface area contributed by atoms with Crippen LogP contribution < -0.4 is 5.30 Å². The zero-order valence-electron chi connectivity index (χ0n) is 10.7. The molecule has 0 saturated heterocycles. The van der Waals surface area contributed by atoms with Crippen LogP contribution in [-0.2, 0) is 17.1 Å². The normalized spacial score (nSPS) is 16.0. The molecule has 0 aliphatic heterocycles. The Morgan fingerprint density at radius 2 is 1.67 bits per heavy atom. The second-order valence-corrected chi connectivity index (χ2v) is 6.30. The van der Waals surface area contributed by atoms with E-state index in [1.807, 2.05) is 30.3 Å². The van der Waals surface area contributed by atoms with E-state index in [9.17, 15) is 0 Å². The van der Waals surface area contributed by atoms with Crippen molar-refractivity contribution in [3.05, 3.63) is 54.6 Å². The first-order valence-electron chi connectivity index (χ1n) is 6.60. The molecule has 0 bridgehead atoms. The Morgan fingerprint density at radius 3 is 2.17 bits per heavy atom. The molecular weight excluding hydrogens is 279 g/mol. The molecule has 18 heavy (non-hydrogen) atoms.